The molecule has 0 atom stereocenters. The van der Waals surface area contributed by atoms with Gasteiger partial charge >= 0.3 is 0 Å². The van der Waals surface area contributed by atoms with Crippen molar-refractivity contribution >= 4 is 33.2 Å². The Morgan fingerprint density at radius 3 is 2.37 bits per heavy atom. The number of halogens is 1. The summed E-state index contributed by atoms with van der Waals surface area (Å²) in [7, 11) is -3.65. The third-order valence-electron chi connectivity index (χ3n) is 5.00. The molecular formula is C22H27ClN2O4S. The first-order chi connectivity index (χ1) is 14.2. The summed E-state index contributed by atoms with van der Waals surface area (Å²) in [6.45, 7) is 3.68. The zero-order valence-corrected chi connectivity index (χ0v) is 18.8. The molecule has 3 rings (SSSR count). The highest BCUT2D eigenvalue weighted by Crippen LogP contribution is 2.28. The van der Waals surface area contributed by atoms with Gasteiger partial charge in [-0.2, -0.15) is 0 Å². The highest BCUT2D eigenvalue weighted by atomic mass is 35.5. The van der Waals surface area contributed by atoms with E-state index >= 15 is 0 Å². The molecule has 1 amide bonds. The number of sulfonamides is 1. The average molecular weight is 451 g/mol. The monoisotopic (exact) mass is 450 g/mol. The van der Waals surface area contributed by atoms with Gasteiger partial charge in [0.25, 0.3) is 5.91 Å². The van der Waals surface area contributed by atoms with E-state index in [2.05, 4.69) is 10.0 Å². The molecule has 0 heterocycles. The van der Waals surface area contributed by atoms with E-state index in [1.165, 1.54) is 18.2 Å². The van der Waals surface area contributed by atoms with Gasteiger partial charge in [0.05, 0.1) is 9.92 Å². The van der Waals surface area contributed by atoms with Gasteiger partial charge in [-0.25, -0.2) is 13.1 Å². The largest absolute Gasteiger partial charge is 0.482 e. The molecule has 30 heavy (non-hydrogen) atoms. The van der Waals surface area contributed by atoms with Crippen molar-refractivity contribution < 1.29 is 17.9 Å². The molecule has 0 aromatic heterocycles. The van der Waals surface area contributed by atoms with E-state index in [9.17, 15) is 13.2 Å². The molecule has 2 N–H and O–H groups in total. The highest BCUT2D eigenvalue weighted by Gasteiger charge is 2.22. The van der Waals surface area contributed by atoms with Gasteiger partial charge < -0.3 is 10.1 Å². The second kappa shape index (κ2) is 9.81. The van der Waals surface area contributed by atoms with Crippen LogP contribution in [-0.2, 0) is 14.8 Å². The molecule has 0 bridgehead atoms. The van der Waals surface area contributed by atoms with E-state index in [-0.39, 0.29) is 34.2 Å². The number of anilines is 1. The van der Waals surface area contributed by atoms with Crippen molar-refractivity contribution in [3.63, 3.8) is 0 Å². The maximum atomic E-state index is 12.6. The van der Waals surface area contributed by atoms with E-state index in [1.54, 1.807) is 0 Å². The number of aryl methyl sites for hydroxylation is 2. The minimum Gasteiger partial charge on any atom is -0.482 e. The number of carbonyl (C=O) groups is 1. The van der Waals surface area contributed by atoms with Gasteiger partial charge in [0, 0.05) is 11.7 Å². The lowest BCUT2D eigenvalue weighted by molar-refractivity contribution is -0.118. The van der Waals surface area contributed by atoms with Crippen molar-refractivity contribution in [2.45, 2.75) is 56.9 Å². The predicted octanol–water partition coefficient (Wildman–Crippen LogP) is 4.59. The number of amides is 1. The number of benzene rings is 2. The van der Waals surface area contributed by atoms with Crippen molar-refractivity contribution in [1.29, 1.82) is 0 Å². The Morgan fingerprint density at radius 2 is 1.73 bits per heavy atom. The van der Waals surface area contributed by atoms with Crippen LogP contribution >= 0.6 is 11.6 Å². The van der Waals surface area contributed by atoms with E-state index < -0.39 is 10.0 Å². The quantitative estimate of drug-likeness (QED) is 0.646. The van der Waals surface area contributed by atoms with E-state index in [0.717, 1.165) is 43.2 Å². The van der Waals surface area contributed by atoms with Crippen LogP contribution in [0.5, 0.6) is 5.75 Å². The number of hydrogen-bond acceptors (Lipinski definition) is 4. The molecule has 0 spiro atoms. The molecule has 0 unspecified atom stereocenters. The molecule has 1 aliphatic rings. The average Bonchev–Trinajstić information content (AvgIpc) is 2.66. The van der Waals surface area contributed by atoms with Crippen molar-refractivity contribution in [3.05, 3.63) is 52.5 Å². The standard InChI is InChI=1S/C22H27ClN2O4S/c1-15-10-16(2)12-18(11-15)24-22(26)14-29-21-9-8-19(13-20(21)23)30(27,28)25-17-6-4-3-5-7-17/h8-13,17,25H,3-7,14H2,1-2H3,(H,24,26). The number of rotatable bonds is 7. The van der Waals surface area contributed by atoms with Crippen LogP contribution in [0.3, 0.4) is 0 Å². The van der Waals surface area contributed by atoms with Crippen molar-refractivity contribution in [3.8, 4) is 5.75 Å². The molecular weight excluding hydrogens is 424 g/mol. The highest BCUT2D eigenvalue weighted by molar-refractivity contribution is 7.89. The molecule has 0 radical (unpaired) electrons. The van der Waals surface area contributed by atoms with Crippen LogP contribution in [0.15, 0.2) is 41.3 Å². The fourth-order valence-corrected chi connectivity index (χ4v) is 5.29. The molecule has 2 aromatic rings. The zero-order valence-electron chi connectivity index (χ0n) is 17.2. The molecule has 8 heteroatoms. The summed E-state index contributed by atoms with van der Waals surface area (Å²) in [5, 5.41) is 2.92. The number of carbonyl (C=O) groups excluding carboxylic acids is 1. The topological polar surface area (TPSA) is 84.5 Å². The lowest BCUT2D eigenvalue weighted by atomic mass is 9.96. The van der Waals surface area contributed by atoms with Crippen LogP contribution in [0.1, 0.15) is 43.2 Å². The molecule has 2 aromatic carbocycles. The summed E-state index contributed by atoms with van der Waals surface area (Å²) in [6, 6.07) is 9.99. The van der Waals surface area contributed by atoms with Crippen molar-refractivity contribution in [1.82, 2.24) is 4.72 Å². The fraction of sp³-hybridized carbons (Fsp3) is 0.409. The second-order valence-electron chi connectivity index (χ2n) is 7.76. The van der Waals surface area contributed by atoms with Gasteiger partial charge in [0.1, 0.15) is 5.75 Å². The van der Waals surface area contributed by atoms with Crippen LogP contribution in [0.4, 0.5) is 5.69 Å². The summed E-state index contributed by atoms with van der Waals surface area (Å²) in [6.07, 6.45) is 4.91. The maximum absolute atomic E-state index is 12.6. The summed E-state index contributed by atoms with van der Waals surface area (Å²) in [5.74, 6) is -0.0735. The third-order valence-corrected chi connectivity index (χ3v) is 6.82. The molecule has 1 saturated carbocycles. The Bertz CT molecular complexity index is 998. The van der Waals surface area contributed by atoms with Gasteiger partial charge in [-0.05, 0) is 68.1 Å². The van der Waals surface area contributed by atoms with Crippen LogP contribution < -0.4 is 14.8 Å². The molecule has 6 nitrogen and oxygen atoms in total. The Balaban J connectivity index is 1.60. The first kappa shape index (κ1) is 22.6. The van der Waals surface area contributed by atoms with Gasteiger partial charge in [-0.3, -0.25) is 4.79 Å². The number of ether oxygens (including phenoxy) is 1. The normalized spacial score (nSPS) is 15.0. The smallest absolute Gasteiger partial charge is 0.262 e. The van der Waals surface area contributed by atoms with E-state index in [1.807, 2.05) is 32.0 Å². The summed E-state index contributed by atoms with van der Waals surface area (Å²) in [4.78, 5) is 12.3. The Morgan fingerprint density at radius 1 is 1.07 bits per heavy atom. The first-order valence-electron chi connectivity index (χ1n) is 10.1. The van der Waals surface area contributed by atoms with Gasteiger partial charge in [0.2, 0.25) is 10.0 Å². The predicted molar refractivity (Wildman–Crippen MR) is 119 cm³/mol. The Kier molecular flexibility index (Phi) is 7.39. The number of nitrogens with one attached hydrogen (secondary N) is 2. The molecule has 0 saturated heterocycles. The van der Waals surface area contributed by atoms with Gasteiger partial charge in [0.15, 0.2) is 6.61 Å². The second-order valence-corrected chi connectivity index (χ2v) is 9.88. The summed E-state index contributed by atoms with van der Waals surface area (Å²) in [5.41, 5.74) is 2.79. The van der Waals surface area contributed by atoms with Crippen LogP contribution in [0.2, 0.25) is 5.02 Å². The summed E-state index contributed by atoms with van der Waals surface area (Å²) >= 11 is 6.21. The Hall–Kier alpha value is -2.09. The van der Waals surface area contributed by atoms with Crippen molar-refractivity contribution in [2.75, 3.05) is 11.9 Å². The number of hydrogen-bond donors (Lipinski definition) is 2. The van der Waals surface area contributed by atoms with Crippen LogP contribution in [-0.4, -0.2) is 27.0 Å². The molecule has 1 fully saturated rings. The molecule has 162 valence electrons. The lowest BCUT2D eigenvalue weighted by Crippen LogP contribution is -2.36. The van der Waals surface area contributed by atoms with Gasteiger partial charge in [-0.15, -0.1) is 0 Å². The maximum Gasteiger partial charge on any atom is 0.262 e. The minimum atomic E-state index is -3.65. The third kappa shape index (κ3) is 6.20. The van der Waals surface area contributed by atoms with E-state index in [0.29, 0.717) is 5.69 Å². The summed E-state index contributed by atoms with van der Waals surface area (Å²) < 4.78 is 33.5. The van der Waals surface area contributed by atoms with Crippen LogP contribution in [0.25, 0.3) is 0 Å². The SMILES string of the molecule is Cc1cc(C)cc(NC(=O)COc2ccc(S(=O)(=O)NC3CCCCC3)cc2Cl)c1. The fourth-order valence-electron chi connectivity index (χ4n) is 3.66. The molecule has 0 aliphatic heterocycles. The minimum absolute atomic E-state index is 0.0348. The molecule has 1 aliphatic carbocycles. The van der Waals surface area contributed by atoms with Gasteiger partial charge in [-0.1, -0.05) is 36.9 Å². The zero-order chi connectivity index (χ0) is 21.7. The Labute approximate surface area is 183 Å². The first-order valence-corrected chi connectivity index (χ1v) is 11.9. The van der Waals surface area contributed by atoms with Crippen LogP contribution in [0, 0.1) is 13.8 Å². The lowest BCUT2D eigenvalue weighted by Gasteiger charge is -2.22. The van der Waals surface area contributed by atoms with E-state index in [4.69, 9.17) is 16.3 Å². The van der Waals surface area contributed by atoms with Crippen molar-refractivity contribution in [2.24, 2.45) is 0 Å².